The fourth-order valence-corrected chi connectivity index (χ4v) is 3.99. The van der Waals surface area contributed by atoms with Crippen LogP contribution in [0.15, 0.2) is 24.3 Å². The number of hydrogen-bond acceptors (Lipinski definition) is 2. The standard InChI is InChI=1S/C17H25NO/c1-13-8-9-15(19-13)11-17(12-18)10-4-6-14-5-2-3-7-16(14)17/h2-3,5,7,13,15H,4,6,8-12,18H2,1H3. The van der Waals surface area contributed by atoms with Crippen molar-refractivity contribution >= 4 is 0 Å². The molecule has 3 unspecified atom stereocenters. The number of aryl methyl sites for hydroxylation is 1. The molecule has 3 rings (SSSR count). The van der Waals surface area contributed by atoms with Crippen LogP contribution in [0.3, 0.4) is 0 Å². The van der Waals surface area contributed by atoms with Gasteiger partial charge in [-0.05, 0) is 56.6 Å². The molecule has 1 fully saturated rings. The van der Waals surface area contributed by atoms with Crippen LogP contribution in [0, 0.1) is 0 Å². The Hall–Kier alpha value is -0.860. The van der Waals surface area contributed by atoms with Crippen molar-refractivity contribution in [3.05, 3.63) is 35.4 Å². The molecule has 1 aliphatic carbocycles. The lowest BCUT2D eigenvalue weighted by molar-refractivity contribution is 0.0340. The van der Waals surface area contributed by atoms with E-state index in [1.54, 1.807) is 0 Å². The molecule has 2 heteroatoms. The van der Waals surface area contributed by atoms with Crippen LogP contribution in [0.5, 0.6) is 0 Å². The average molecular weight is 259 g/mol. The minimum Gasteiger partial charge on any atom is -0.375 e. The topological polar surface area (TPSA) is 35.2 Å². The lowest BCUT2D eigenvalue weighted by atomic mass is 9.67. The van der Waals surface area contributed by atoms with Gasteiger partial charge in [0.1, 0.15) is 0 Å². The fourth-order valence-electron chi connectivity index (χ4n) is 3.99. The van der Waals surface area contributed by atoms with Gasteiger partial charge in [-0.15, -0.1) is 0 Å². The first kappa shape index (κ1) is 13.1. The Morgan fingerprint density at radius 2 is 2.16 bits per heavy atom. The Labute approximate surface area is 116 Å². The van der Waals surface area contributed by atoms with Gasteiger partial charge in [0.15, 0.2) is 0 Å². The van der Waals surface area contributed by atoms with Crippen molar-refractivity contribution < 1.29 is 4.74 Å². The Bertz CT molecular complexity index is 445. The molecule has 1 heterocycles. The molecule has 3 atom stereocenters. The molecular weight excluding hydrogens is 234 g/mol. The van der Waals surface area contributed by atoms with Crippen molar-refractivity contribution in [2.24, 2.45) is 5.73 Å². The maximum Gasteiger partial charge on any atom is 0.0588 e. The lowest BCUT2D eigenvalue weighted by Gasteiger charge is -2.40. The maximum absolute atomic E-state index is 6.21. The van der Waals surface area contributed by atoms with Crippen molar-refractivity contribution in [1.29, 1.82) is 0 Å². The second kappa shape index (κ2) is 5.26. The summed E-state index contributed by atoms with van der Waals surface area (Å²) in [4.78, 5) is 0. The Morgan fingerprint density at radius 1 is 1.32 bits per heavy atom. The molecule has 0 radical (unpaired) electrons. The van der Waals surface area contributed by atoms with E-state index < -0.39 is 0 Å². The zero-order valence-electron chi connectivity index (χ0n) is 11.9. The molecule has 0 spiro atoms. The number of nitrogens with two attached hydrogens (primary N) is 1. The summed E-state index contributed by atoms with van der Waals surface area (Å²) in [5.41, 5.74) is 9.36. The number of ether oxygens (including phenoxy) is 1. The predicted octanol–water partition coefficient (Wildman–Crippen LogP) is 3.18. The van der Waals surface area contributed by atoms with Gasteiger partial charge in [0.05, 0.1) is 12.2 Å². The third kappa shape index (κ3) is 2.44. The van der Waals surface area contributed by atoms with Crippen LogP contribution in [0.4, 0.5) is 0 Å². The molecule has 2 aliphatic rings. The zero-order valence-corrected chi connectivity index (χ0v) is 11.9. The molecule has 1 aromatic carbocycles. The molecule has 19 heavy (non-hydrogen) atoms. The third-order valence-corrected chi connectivity index (χ3v) is 5.02. The first-order valence-electron chi connectivity index (χ1n) is 7.67. The summed E-state index contributed by atoms with van der Waals surface area (Å²) in [6, 6.07) is 8.88. The SMILES string of the molecule is CC1CCC(CC2(CN)CCCc3ccccc32)O1. The van der Waals surface area contributed by atoms with Crippen LogP contribution >= 0.6 is 0 Å². The van der Waals surface area contributed by atoms with E-state index in [1.165, 1.54) is 43.2 Å². The van der Waals surface area contributed by atoms with Gasteiger partial charge < -0.3 is 10.5 Å². The van der Waals surface area contributed by atoms with E-state index in [2.05, 4.69) is 31.2 Å². The van der Waals surface area contributed by atoms with Gasteiger partial charge in [-0.1, -0.05) is 24.3 Å². The Kier molecular flexibility index (Phi) is 3.64. The molecule has 1 aliphatic heterocycles. The van der Waals surface area contributed by atoms with Crippen LogP contribution in [-0.2, 0) is 16.6 Å². The van der Waals surface area contributed by atoms with Crippen LogP contribution in [0.1, 0.15) is 50.2 Å². The number of hydrogen-bond donors (Lipinski definition) is 1. The highest BCUT2D eigenvalue weighted by atomic mass is 16.5. The molecule has 0 aromatic heterocycles. The summed E-state index contributed by atoms with van der Waals surface area (Å²) in [7, 11) is 0. The van der Waals surface area contributed by atoms with Crippen LogP contribution in [0.25, 0.3) is 0 Å². The van der Waals surface area contributed by atoms with E-state index in [9.17, 15) is 0 Å². The summed E-state index contributed by atoms with van der Waals surface area (Å²) in [5.74, 6) is 0. The average Bonchev–Trinajstić information content (AvgIpc) is 2.84. The molecule has 104 valence electrons. The Morgan fingerprint density at radius 3 is 2.89 bits per heavy atom. The second-order valence-electron chi connectivity index (χ2n) is 6.35. The van der Waals surface area contributed by atoms with Crippen molar-refractivity contribution in [2.75, 3.05) is 6.54 Å². The number of benzene rings is 1. The van der Waals surface area contributed by atoms with E-state index in [0.717, 1.165) is 13.0 Å². The van der Waals surface area contributed by atoms with Crippen LogP contribution in [-0.4, -0.2) is 18.8 Å². The van der Waals surface area contributed by atoms with E-state index in [0.29, 0.717) is 12.2 Å². The minimum atomic E-state index is 0.156. The van der Waals surface area contributed by atoms with Gasteiger partial charge in [0, 0.05) is 12.0 Å². The smallest absolute Gasteiger partial charge is 0.0588 e. The summed E-state index contributed by atoms with van der Waals surface area (Å²) in [6.07, 6.45) is 8.02. The van der Waals surface area contributed by atoms with Crippen LogP contribution in [0.2, 0.25) is 0 Å². The van der Waals surface area contributed by atoms with E-state index in [4.69, 9.17) is 10.5 Å². The normalized spacial score (nSPS) is 34.2. The molecule has 1 saturated heterocycles. The van der Waals surface area contributed by atoms with Gasteiger partial charge in [-0.3, -0.25) is 0 Å². The number of fused-ring (bicyclic) bond motifs is 1. The van der Waals surface area contributed by atoms with Crippen molar-refractivity contribution in [3.63, 3.8) is 0 Å². The van der Waals surface area contributed by atoms with E-state index in [1.807, 2.05) is 0 Å². The monoisotopic (exact) mass is 259 g/mol. The van der Waals surface area contributed by atoms with Crippen molar-refractivity contribution in [2.45, 2.75) is 63.1 Å². The summed E-state index contributed by atoms with van der Waals surface area (Å²) >= 11 is 0. The third-order valence-electron chi connectivity index (χ3n) is 5.02. The van der Waals surface area contributed by atoms with Gasteiger partial charge >= 0.3 is 0 Å². The quantitative estimate of drug-likeness (QED) is 0.905. The van der Waals surface area contributed by atoms with Gasteiger partial charge in [0.2, 0.25) is 0 Å². The van der Waals surface area contributed by atoms with E-state index in [-0.39, 0.29) is 5.41 Å². The molecule has 0 saturated carbocycles. The molecule has 2 nitrogen and oxygen atoms in total. The maximum atomic E-state index is 6.21. The highest BCUT2D eigenvalue weighted by Crippen LogP contribution is 2.42. The molecule has 0 amide bonds. The summed E-state index contributed by atoms with van der Waals surface area (Å²) < 4.78 is 6.05. The molecular formula is C17H25NO. The zero-order chi connectivity index (χ0) is 13.3. The van der Waals surface area contributed by atoms with Gasteiger partial charge in [-0.25, -0.2) is 0 Å². The lowest BCUT2D eigenvalue weighted by Crippen LogP contribution is -2.41. The van der Waals surface area contributed by atoms with Crippen molar-refractivity contribution in [3.8, 4) is 0 Å². The number of rotatable bonds is 3. The summed E-state index contributed by atoms with van der Waals surface area (Å²) in [6.45, 7) is 2.93. The van der Waals surface area contributed by atoms with Crippen molar-refractivity contribution in [1.82, 2.24) is 0 Å². The second-order valence-corrected chi connectivity index (χ2v) is 6.35. The highest BCUT2D eigenvalue weighted by molar-refractivity contribution is 5.37. The Balaban J connectivity index is 1.87. The van der Waals surface area contributed by atoms with E-state index >= 15 is 0 Å². The first-order chi connectivity index (χ1) is 9.23. The summed E-state index contributed by atoms with van der Waals surface area (Å²) in [5, 5.41) is 0. The molecule has 2 N–H and O–H groups in total. The first-order valence-corrected chi connectivity index (χ1v) is 7.67. The largest absolute Gasteiger partial charge is 0.375 e. The molecule has 1 aromatic rings. The minimum absolute atomic E-state index is 0.156. The fraction of sp³-hybridized carbons (Fsp3) is 0.647. The van der Waals surface area contributed by atoms with Gasteiger partial charge in [0.25, 0.3) is 0 Å². The predicted molar refractivity (Wildman–Crippen MR) is 78.3 cm³/mol. The van der Waals surface area contributed by atoms with Gasteiger partial charge in [-0.2, -0.15) is 0 Å². The molecule has 0 bridgehead atoms. The highest BCUT2D eigenvalue weighted by Gasteiger charge is 2.39. The van der Waals surface area contributed by atoms with Crippen LogP contribution < -0.4 is 5.73 Å².